The molecule has 0 saturated carbocycles. The predicted molar refractivity (Wildman–Crippen MR) is 76.1 cm³/mol. The van der Waals surface area contributed by atoms with Gasteiger partial charge in [-0.05, 0) is 26.2 Å². The first kappa shape index (κ1) is 16.2. The molecule has 0 bridgehead atoms. The average Bonchev–Trinajstić information content (AvgIpc) is 2.79. The summed E-state index contributed by atoms with van der Waals surface area (Å²) < 4.78 is 24.3. The molecule has 2 aliphatic rings. The standard InChI is InChI=1S/C13H22N2O5S/c1-9-11(13(17)18)5-8-15(9)12(16)10-3-6-14(7-4-10)21(2,19)20/h9-11H,3-8H2,1-2H3,(H,17,18). The van der Waals surface area contributed by atoms with E-state index in [0.29, 0.717) is 38.9 Å². The second-order valence-corrected chi connectivity index (χ2v) is 7.92. The van der Waals surface area contributed by atoms with E-state index in [-0.39, 0.29) is 17.9 Å². The van der Waals surface area contributed by atoms with E-state index in [0.717, 1.165) is 0 Å². The number of aliphatic carboxylic acids is 1. The topological polar surface area (TPSA) is 95.0 Å². The summed E-state index contributed by atoms with van der Waals surface area (Å²) in [6.07, 6.45) is 2.68. The lowest BCUT2D eigenvalue weighted by molar-refractivity contribution is -0.143. The zero-order valence-corrected chi connectivity index (χ0v) is 13.2. The van der Waals surface area contributed by atoms with E-state index in [9.17, 15) is 18.0 Å². The van der Waals surface area contributed by atoms with Gasteiger partial charge in [0.05, 0.1) is 12.2 Å². The maximum Gasteiger partial charge on any atom is 0.308 e. The highest BCUT2D eigenvalue weighted by atomic mass is 32.2. The Labute approximate surface area is 125 Å². The zero-order chi connectivity index (χ0) is 15.8. The SMILES string of the molecule is CC1C(C(=O)O)CCN1C(=O)C1CCN(S(C)(=O)=O)CC1. The van der Waals surface area contributed by atoms with Gasteiger partial charge in [-0.1, -0.05) is 0 Å². The van der Waals surface area contributed by atoms with Gasteiger partial charge in [-0.2, -0.15) is 0 Å². The molecular weight excluding hydrogens is 296 g/mol. The first-order valence-electron chi connectivity index (χ1n) is 7.20. The van der Waals surface area contributed by atoms with E-state index < -0.39 is 21.9 Å². The Morgan fingerprint density at radius 2 is 1.67 bits per heavy atom. The van der Waals surface area contributed by atoms with Crippen LogP contribution in [0.5, 0.6) is 0 Å². The van der Waals surface area contributed by atoms with E-state index in [1.165, 1.54) is 10.6 Å². The molecule has 0 radical (unpaired) electrons. The molecular formula is C13H22N2O5S. The number of hydrogen-bond donors (Lipinski definition) is 1. The number of hydrogen-bond acceptors (Lipinski definition) is 4. The summed E-state index contributed by atoms with van der Waals surface area (Å²) in [5.41, 5.74) is 0. The van der Waals surface area contributed by atoms with Crippen molar-refractivity contribution in [2.75, 3.05) is 25.9 Å². The van der Waals surface area contributed by atoms with Gasteiger partial charge in [0.15, 0.2) is 0 Å². The van der Waals surface area contributed by atoms with E-state index in [4.69, 9.17) is 5.11 Å². The van der Waals surface area contributed by atoms with Gasteiger partial charge in [0, 0.05) is 31.6 Å². The van der Waals surface area contributed by atoms with Crippen LogP contribution in [0.2, 0.25) is 0 Å². The molecule has 0 aromatic heterocycles. The van der Waals surface area contributed by atoms with Gasteiger partial charge in [-0.25, -0.2) is 12.7 Å². The van der Waals surface area contributed by atoms with E-state index in [1.807, 2.05) is 0 Å². The van der Waals surface area contributed by atoms with Crippen LogP contribution in [0.25, 0.3) is 0 Å². The first-order chi connectivity index (χ1) is 9.71. The van der Waals surface area contributed by atoms with Gasteiger partial charge in [-0.3, -0.25) is 9.59 Å². The number of amides is 1. The number of carbonyl (C=O) groups is 2. The molecule has 2 rings (SSSR count). The Morgan fingerprint density at radius 3 is 2.10 bits per heavy atom. The monoisotopic (exact) mass is 318 g/mol. The molecule has 21 heavy (non-hydrogen) atoms. The fourth-order valence-corrected chi connectivity index (χ4v) is 4.12. The maximum absolute atomic E-state index is 12.5. The molecule has 2 aliphatic heterocycles. The number of likely N-dealkylation sites (tertiary alicyclic amines) is 1. The van der Waals surface area contributed by atoms with Crippen LogP contribution in [-0.4, -0.2) is 66.5 Å². The zero-order valence-electron chi connectivity index (χ0n) is 12.4. The number of carboxylic acid groups (broad SMARTS) is 1. The summed E-state index contributed by atoms with van der Waals surface area (Å²) in [5.74, 6) is -1.58. The molecule has 0 aliphatic carbocycles. The summed E-state index contributed by atoms with van der Waals surface area (Å²) in [5, 5.41) is 9.11. The van der Waals surface area contributed by atoms with Gasteiger partial charge in [0.2, 0.25) is 15.9 Å². The molecule has 2 unspecified atom stereocenters. The van der Waals surface area contributed by atoms with E-state index in [1.54, 1.807) is 11.8 Å². The minimum atomic E-state index is -3.19. The second kappa shape index (κ2) is 5.92. The third-order valence-corrected chi connectivity index (χ3v) is 5.93. The average molecular weight is 318 g/mol. The van der Waals surface area contributed by atoms with Crippen LogP contribution in [-0.2, 0) is 19.6 Å². The molecule has 0 aromatic rings. The van der Waals surface area contributed by atoms with Crippen molar-refractivity contribution in [1.29, 1.82) is 0 Å². The van der Waals surface area contributed by atoms with Crippen molar-refractivity contribution in [2.24, 2.45) is 11.8 Å². The lowest BCUT2D eigenvalue weighted by atomic mass is 9.95. The number of carboxylic acids is 1. The van der Waals surface area contributed by atoms with E-state index >= 15 is 0 Å². The van der Waals surface area contributed by atoms with Crippen molar-refractivity contribution in [2.45, 2.75) is 32.2 Å². The molecule has 2 heterocycles. The van der Waals surface area contributed by atoms with Crippen molar-refractivity contribution in [1.82, 2.24) is 9.21 Å². The Kier molecular flexibility index (Phi) is 4.57. The summed E-state index contributed by atoms with van der Waals surface area (Å²) >= 11 is 0. The lowest BCUT2D eigenvalue weighted by Crippen LogP contribution is -2.46. The molecule has 120 valence electrons. The normalized spacial score (nSPS) is 28.8. The molecule has 0 aromatic carbocycles. The fourth-order valence-electron chi connectivity index (χ4n) is 3.25. The smallest absolute Gasteiger partial charge is 0.308 e. The highest BCUT2D eigenvalue weighted by Crippen LogP contribution is 2.29. The molecule has 1 amide bonds. The predicted octanol–water partition coefficient (Wildman–Crippen LogP) is -0.0204. The third-order valence-electron chi connectivity index (χ3n) is 4.63. The number of piperidine rings is 1. The summed E-state index contributed by atoms with van der Waals surface area (Å²) in [4.78, 5) is 25.3. The maximum atomic E-state index is 12.5. The highest BCUT2D eigenvalue weighted by Gasteiger charge is 2.41. The Bertz CT molecular complexity index is 525. The summed E-state index contributed by atoms with van der Waals surface area (Å²) in [7, 11) is -3.19. The van der Waals surface area contributed by atoms with Crippen molar-refractivity contribution in [3.05, 3.63) is 0 Å². The van der Waals surface area contributed by atoms with Crippen LogP contribution in [0.3, 0.4) is 0 Å². The third kappa shape index (κ3) is 3.37. The summed E-state index contributed by atoms with van der Waals surface area (Å²) in [6.45, 7) is 2.97. The molecule has 1 N–H and O–H groups in total. The van der Waals surface area contributed by atoms with Gasteiger partial charge in [0.25, 0.3) is 0 Å². The molecule has 2 fully saturated rings. The molecule has 2 saturated heterocycles. The van der Waals surface area contributed by atoms with E-state index in [2.05, 4.69) is 0 Å². The number of carbonyl (C=O) groups excluding carboxylic acids is 1. The van der Waals surface area contributed by atoms with Crippen molar-refractivity contribution in [3.8, 4) is 0 Å². The fraction of sp³-hybridized carbons (Fsp3) is 0.846. The summed E-state index contributed by atoms with van der Waals surface area (Å²) in [6, 6.07) is -0.289. The molecule has 8 heteroatoms. The van der Waals surface area contributed by atoms with Crippen molar-refractivity contribution in [3.63, 3.8) is 0 Å². The molecule has 7 nitrogen and oxygen atoms in total. The molecule has 2 atom stereocenters. The van der Waals surface area contributed by atoms with Gasteiger partial charge in [-0.15, -0.1) is 0 Å². The van der Waals surface area contributed by atoms with Gasteiger partial charge in [0.1, 0.15) is 0 Å². The van der Waals surface area contributed by atoms with Crippen LogP contribution in [0.4, 0.5) is 0 Å². The van der Waals surface area contributed by atoms with Crippen LogP contribution < -0.4 is 0 Å². The van der Waals surface area contributed by atoms with Crippen LogP contribution in [0, 0.1) is 11.8 Å². The Balaban J connectivity index is 1.95. The molecule has 0 spiro atoms. The minimum absolute atomic E-state index is 0.0283. The second-order valence-electron chi connectivity index (χ2n) is 5.94. The Hall–Kier alpha value is -1.15. The van der Waals surface area contributed by atoms with Gasteiger partial charge >= 0.3 is 5.97 Å². The van der Waals surface area contributed by atoms with Crippen LogP contribution >= 0.6 is 0 Å². The minimum Gasteiger partial charge on any atom is -0.481 e. The van der Waals surface area contributed by atoms with Crippen LogP contribution in [0.15, 0.2) is 0 Å². The lowest BCUT2D eigenvalue weighted by Gasteiger charge is -2.33. The number of rotatable bonds is 3. The van der Waals surface area contributed by atoms with Crippen molar-refractivity contribution >= 4 is 21.9 Å². The van der Waals surface area contributed by atoms with Crippen LogP contribution in [0.1, 0.15) is 26.2 Å². The first-order valence-corrected chi connectivity index (χ1v) is 9.05. The number of sulfonamides is 1. The quantitative estimate of drug-likeness (QED) is 0.789. The Morgan fingerprint density at radius 1 is 1.10 bits per heavy atom. The highest BCUT2D eigenvalue weighted by molar-refractivity contribution is 7.88. The van der Waals surface area contributed by atoms with Crippen molar-refractivity contribution < 1.29 is 23.1 Å². The largest absolute Gasteiger partial charge is 0.481 e. The van der Waals surface area contributed by atoms with Gasteiger partial charge < -0.3 is 10.0 Å². The number of nitrogens with zero attached hydrogens (tertiary/aromatic N) is 2.